The number of hydrogen-bond acceptors (Lipinski definition) is 4. The van der Waals surface area contributed by atoms with Gasteiger partial charge in [0.05, 0.1) is 13.5 Å². The highest BCUT2D eigenvalue weighted by molar-refractivity contribution is 5.94. The molecule has 2 aromatic rings. The van der Waals surface area contributed by atoms with Gasteiger partial charge in [-0.15, -0.1) is 0 Å². The number of rotatable bonds is 6. The van der Waals surface area contributed by atoms with E-state index in [2.05, 4.69) is 5.10 Å². The predicted octanol–water partition coefficient (Wildman–Crippen LogP) is 2.32. The Labute approximate surface area is 146 Å². The minimum absolute atomic E-state index is 0.220. The highest BCUT2D eigenvalue weighted by Crippen LogP contribution is 2.24. The molecule has 140 valence electrons. The van der Waals surface area contributed by atoms with Crippen LogP contribution in [0.2, 0.25) is 0 Å². The summed E-state index contributed by atoms with van der Waals surface area (Å²) in [5, 5.41) is 14.7. The van der Waals surface area contributed by atoms with Crippen molar-refractivity contribution in [3.63, 3.8) is 0 Å². The lowest BCUT2D eigenvalue weighted by molar-refractivity contribution is -0.157. The number of carboxylic acids is 1. The Kier molecular flexibility index (Phi) is 5.53. The standard InChI is InChI=1S/C16H16F3N3O4/c1-9-3-4-13(26-2)12(7-9)22-6-5-10(21-22)14(23)20-11(15(24)25)8-16(17,18)19/h3-7,11H,8H2,1-2H3,(H,20,23)(H,24,25). The maximum Gasteiger partial charge on any atom is 0.391 e. The Balaban J connectivity index is 2.22. The maximum absolute atomic E-state index is 12.4. The fourth-order valence-corrected chi connectivity index (χ4v) is 2.22. The van der Waals surface area contributed by atoms with E-state index in [1.807, 2.05) is 18.3 Å². The zero-order valence-corrected chi connectivity index (χ0v) is 13.9. The Morgan fingerprint density at radius 1 is 1.35 bits per heavy atom. The molecule has 1 heterocycles. The SMILES string of the molecule is COc1ccc(C)cc1-n1ccc(C(=O)NC(CC(F)(F)F)C(=O)O)n1. The second-order valence-corrected chi connectivity index (χ2v) is 5.50. The van der Waals surface area contributed by atoms with E-state index in [0.29, 0.717) is 11.4 Å². The van der Waals surface area contributed by atoms with Gasteiger partial charge in [-0.25, -0.2) is 9.48 Å². The minimum Gasteiger partial charge on any atom is -0.494 e. The van der Waals surface area contributed by atoms with Gasteiger partial charge in [-0.3, -0.25) is 4.79 Å². The summed E-state index contributed by atoms with van der Waals surface area (Å²) in [6.07, 6.45) is -4.99. The molecule has 0 saturated carbocycles. The molecule has 2 N–H and O–H groups in total. The zero-order valence-electron chi connectivity index (χ0n) is 13.9. The summed E-state index contributed by atoms with van der Waals surface area (Å²) in [6.45, 7) is 1.84. The average Bonchev–Trinajstić information content (AvgIpc) is 3.02. The number of aromatic nitrogens is 2. The summed E-state index contributed by atoms with van der Waals surface area (Å²) >= 11 is 0. The van der Waals surface area contributed by atoms with Crippen LogP contribution in [0, 0.1) is 6.92 Å². The van der Waals surface area contributed by atoms with Crippen molar-refractivity contribution in [3.05, 3.63) is 41.7 Å². The molecular weight excluding hydrogens is 355 g/mol. The monoisotopic (exact) mass is 371 g/mol. The summed E-state index contributed by atoms with van der Waals surface area (Å²) < 4.78 is 43.8. The second kappa shape index (κ2) is 7.46. The normalized spacial score (nSPS) is 12.5. The van der Waals surface area contributed by atoms with Crippen molar-refractivity contribution in [3.8, 4) is 11.4 Å². The first-order valence-electron chi connectivity index (χ1n) is 7.42. The number of aryl methyl sites for hydroxylation is 1. The molecule has 0 radical (unpaired) electrons. The summed E-state index contributed by atoms with van der Waals surface area (Å²) in [6, 6.07) is 4.44. The smallest absolute Gasteiger partial charge is 0.391 e. The molecule has 26 heavy (non-hydrogen) atoms. The van der Waals surface area contributed by atoms with Crippen molar-refractivity contribution in [1.82, 2.24) is 15.1 Å². The molecule has 1 aromatic carbocycles. The van der Waals surface area contributed by atoms with Crippen LogP contribution in [0.1, 0.15) is 22.5 Å². The molecule has 0 aliphatic rings. The molecule has 1 amide bonds. The Morgan fingerprint density at radius 3 is 2.62 bits per heavy atom. The molecule has 0 fully saturated rings. The van der Waals surface area contributed by atoms with E-state index in [1.165, 1.54) is 24.1 Å². The van der Waals surface area contributed by atoms with Gasteiger partial charge in [-0.1, -0.05) is 6.07 Å². The van der Waals surface area contributed by atoms with Gasteiger partial charge in [-0.05, 0) is 30.7 Å². The number of amides is 1. The molecule has 0 saturated heterocycles. The van der Waals surface area contributed by atoms with Crippen LogP contribution in [0.25, 0.3) is 5.69 Å². The number of alkyl halides is 3. The van der Waals surface area contributed by atoms with Crippen LogP contribution in [-0.4, -0.2) is 46.1 Å². The van der Waals surface area contributed by atoms with Crippen molar-refractivity contribution in [1.29, 1.82) is 0 Å². The van der Waals surface area contributed by atoms with Gasteiger partial charge in [0.2, 0.25) is 0 Å². The number of carbonyl (C=O) groups is 2. The van der Waals surface area contributed by atoms with Gasteiger partial charge in [0.15, 0.2) is 5.69 Å². The number of methoxy groups -OCH3 is 1. The van der Waals surface area contributed by atoms with Crippen LogP contribution in [0.5, 0.6) is 5.75 Å². The average molecular weight is 371 g/mol. The van der Waals surface area contributed by atoms with E-state index in [4.69, 9.17) is 9.84 Å². The molecule has 1 atom stereocenters. The first-order chi connectivity index (χ1) is 12.1. The lowest BCUT2D eigenvalue weighted by Gasteiger charge is -2.15. The molecule has 0 aliphatic heterocycles. The summed E-state index contributed by atoms with van der Waals surface area (Å²) in [7, 11) is 1.46. The Bertz CT molecular complexity index is 817. The van der Waals surface area contributed by atoms with E-state index in [1.54, 1.807) is 12.1 Å². The number of hydrogen-bond donors (Lipinski definition) is 2. The number of nitrogens with one attached hydrogen (secondary N) is 1. The Morgan fingerprint density at radius 2 is 2.04 bits per heavy atom. The van der Waals surface area contributed by atoms with Crippen LogP contribution < -0.4 is 10.1 Å². The van der Waals surface area contributed by atoms with Crippen LogP contribution in [0.15, 0.2) is 30.5 Å². The third-order valence-corrected chi connectivity index (χ3v) is 3.44. The quantitative estimate of drug-likeness (QED) is 0.813. The van der Waals surface area contributed by atoms with Gasteiger partial charge < -0.3 is 15.2 Å². The molecule has 0 bridgehead atoms. The summed E-state index contributed by atoms with van der Waals surface area (Å²) in [5.74, 6) is -2.33. The zero-order chi connectivity index (χ0) is 19.5. The first-order valence-corrected chi connectivity index (χ1v) is 7.42. The number of halogens is 3. The Hall–Kier alpha value is -3.04. The number of ether oxygens (including phenoxy) is 1. The van der Waals surface area contributed by atoms with Crippen LogP contribution >= 0.6 is 0 Å². The lowest BCUT2D eigenvalue weighted by atomic mass is 10.2. The first kappa shape index (κ1) is 19.3. The van der Waals surface area contributed by atoms with E-state index in [-0.39, 0.29) is 5.69 Å². The van der Waals surface area contributed by atoms with Crippen LogP contribution in [0.4, 0.5) is 13.2 Å². The summed E-state index contributed by atoms with van der Waals surface area (Å²) in [5.41, 5.74) is 1.21. The van der Waals surface area contributed by atoms with E-state index >= 15 is 0 Å². The van der Waals surface area contributed by atoms with Crippen LogP contribution in [0.3, 0.4) is 0 Å². The second-order valence-electron chi connectivity index (χ2n) is 5.50. The highest BCUT2D eigenvalue weighted by Gasteiger charge is 2.36. The molecule has 2 rings (SSSR count). The predicted molar refractivity (Wildman–Crippen MR) is 84.4 cm³/mol. The van der Waals surface area contributed by atoms with Crippen molar-refractivity contribution in [2.75, 3.05) is 7.11 Å². The molecule has 7 nitrogen and oxygen atoms in total. The van der Waals surface area contributed by atoms with Gasteiger partial charge in [0.25, 0.3) is 5.91 Å². The third-order valence-electron chi connectivity index (χ3n) is 3.44. The maximum atomic E-state index is 12.4. The van der Waals surface area contributed by atoms with Crippen molar-refractivity contribution in [2.45, 2.75) is 25.6 Å². The fraction of sp³-hybridized carbons (Fsp3) is 0.312. The fourth-order valence-electron chi connectivity index (χ4n) is 2.22. The van der Waals surface area contributed by atoms with Crippen molar-refractivity contribution < 1.29 is 32.6 Å². The van der Waals surface area contributed by atoms with Gasteiger partial charge in [0, 0.05) is 6.20 Å². The van der Waals surface area contributed by atoms with Gasteiger partial charge in [-0.2, -0.15) is 18.3 Å². The van der Waals surface area contributed by atoms with E-state index in [0.717, 1.165) is 5.56 Å². The third kappa shape index (κ3) is 4.74. The molecule has 1 aromatic heterocycles. The van der Waals surface area contributed by atoms with Gasteiger partial charge >= 0.3 is 12.1 Å². The summed E-state index contributed by atoms with van der Waals surface area (Å²) in [4.78, 5) is 23.0. The molecule has 0 spiro atoms. The molecular formula is C16H16F3N3O4. The number of carboxylic acid groups (broad SMARTS) is 1. The van der Waals surface area contributed by atoms with Crippen molar-refractivity contribution >= 4 is 11.9 Å². The molecule has 0 aliphatic carbocycles. The number of aliphatic carboxylic acids is 1. The van der Waals surface area contributed by atoms with Crippen molar-refractivity contribution in [2.24, 2.45) is 0 Å². The van der Waals surface area contributed by atoms with Gasteiger partial charge in [0.1, 0.15) is 17.5 Å². The topological polar surface area (TPSA) is 93.5 Å². The lowest BCUT2D eigenvalue weighted by Crippen LogP contribution is -2.43. The molecule has 10 heteroatoms. The largest absolute Gasteiger partial charge is 0.494 e. The number of benzene rings is 1. The highest BCUT2D eigenvalue weighted by atomic mass is 19.4. The van der Waals surface area contributed by atoms with E-state index < -0.39 is 30.5 Å². The number of nitrogens with zero attached hydrogens (tertiary/aromatic N) is 2. The van der Waals surface area contributed by atoms with Crippen LogP contribution in [-0.2, 0) is 4.79 Å². The number of carbonyl (C=O) groups excluding carboxylic acids is 1. The van der Waals surface area contributed by atoms with E-state index in [9.17, 15) is 22.8 Å². The minimum atomic E-state index is -4.73. The molecule has 1 unspecified atom stereocenters.